The molecule has 0 aliphatic carbocycles. The number of nitrogens with zero attached hydrogens (tertiary/aromatic N) is 1. The molecule has 200 valence electrons. The summed E-state index contributed by atoms with van der Waals surface area (Å²) < 4.78 is 17.5. The summed E-state index contributed by atoms with van der Waals surface area (Å²) in [4.78, 5) is 27.9. The summed E-state index contributed by atoms with van der Waals surface area (Å²) in [5.41, 5.74) is 1.44. The van der Waals surface area contributed by atoms with Gasteiger partial charge in [-0.1, -0.05) is 25.1 Å². The number of para-hydroxylation sites is 1. The number of carbonyl (C=O) groups excluding carboxylic acids is 2. The molecule has 8 nitrogen and oxygen atoms in total. The minimum Gasteiger partial charge on any atom is -0.491 e. The van der Waals surface area contributed by atoms with Crippen LogP contribution in [0.15, 0.2) is 72.8 Å². The van der Waals surface area contributed by atoms with E-state index in [-0.39, 0.29) is 29.9 Å². The Morgan fingerprint density at radius 2 is 1.74 bits per heavy atom. The van der Waals surface area contributed by atoms with Crippen LogP contribution in [-0.4, -0.2) is 62.7 Å². The second kappa shape index (κ2) is 12.6. The molecule has 0 saturated heterocycles. The zero-order chi connectivity index (χ0) is 27.1. The number of carbonyl (C=O) groups is 2. The zero-order valence-corrected chi connectivity index (χ0v) is 22.3. The first-order valence-electron chi connectivity index (χ1n) is 12.8. The molecule has 0 unspecified atom stereocenters. The SMILES string of the molecule is CO[C@H]1CN(C)C(=O)c2ccc(NC(=O)c3ccc(Oc4ccccc4)cc3)cc2OC[C@H](C)NC[C@@H]1C. The Morgan fingerprint density at radius 1 is 1.03 bits per heavy atom. The summed E-state index contributed by atoms with van der Waals surface area (Å²) in [6, 6.07) is 21.5. The smallest absolute Gasteiger partial charge is 0.257 e. The molecular weight excluding hydrogens is 482 g/mol. The van der Waals surface area contributed by atoms with Crippen LogP contribution in [0.5, 0.6) is 17.2 Å². The maximum absolute atomic E-state index is 13.3. The van der Waals surface area contributed by atoms with Crippen molar-refractivity contribution >= 4 is 17.5 Å². The van der Waals surface area contributed by atoms with Gasteiger partial charge >= 0.3 is 0 Å². The average Bonchev–Trinajstić information content (AvgIpc) is 2.93. The molecule has 2 N–H and O–H groups in total. The van der Waals surface area contributed by atoms with Crippen molar-refractivity contribution in [2.45, 2.75) is 26.0 Å². The van der Waals surface area contributed by atoms with Gasteiger partial charge in [0.1, 0.15) is 23.9 Å². The topological polar surface area (TPSA) is 89.1 Å². The lowest BCUT2D eigenvalue weighted by atomic mass is 10.0. The lowest BCUT2D eigenvalue weighted by molar-refractivity contribution is 0.0281. The van der Waals surface area contributed by atoms with Crippen molar-refractivity contribution in [3.8, 4) is 17.2 Å². The lowest BCUT2D eigenvalue weighted by Crippen LogP contribution is -2.44. The highest BCUT2D eigenvalue weighted by Gasteiger charge is 2.25. The third kappa shape index (κ3) is 6.90. The monoisotopic (exact) mass is 517 g/mol. The molecule has 2 amide bonds. The van der Waals surface area contributed by atoms with Crippen LogP contribution in [0.25, 0.3) is 0 Å². The molecule has 8 heteroatoms. The van der Waals surface area contributed by atoms with E-state index in [1.807, 2.05) is 37.3 Å². The van der Waals surface area contributed by atoms with Crippen LogP contribution in [-0.2, 0) is 4.74 Å². The maximum atomic E-state index is 13.3. The van der Waals surface area contributed by atoms with Crippen molar-refractivity contribution < 1.29 is 23.8 Å². The Labute approximate surface area is 223 Å². The fourth-order valence-corrected chi connectivity index (χ4v) is 4.24. The summed E-state index contributed by atoms with van der Waals surface area (Å²) in [6.45, 7) is 5.70. The Morgan fingerprint density at radius 3 is 2.45 bits per heavy atom. The highest BCUT2D eigenvalue weighted by atomic mass is 16.5. The van der Waals surface area contributed by atoms with Gasteiger partial charge in [0.15, 0.2) is 0 Å². The number of fused-ring (bicyclic) bond motifs is 1. The highest BCUT2D eigenvalue weighted by Crippen LogP contribution is 2.27. The van der Waals surface area contributed by atoms with E-state index >= 15 is 0 Å². The number of likely N-dealkylation sites (N-methyl/N-ethyl adjacent to an activating group) is 1. The van der Waals surface area contributed by atoms with Gasteiger partial charge < -0.3 is 29.7 Å². The van der Waals surface area contributed by atoms with Gasteiger partial charge in [0.2, 0.25) is 0 Å². The lowest BCUT2D eigenvalue weighted by Gasteiger charge is -2.30. The summed E-state index contributed by atoms with van der Waals surface area (Å²) in [6.07, 6.45) is -0.101. The predicted octanol–water partition coefficient (Wildman–Crippen LogP) is 4.82. The fourth-order valence-electron chi connectivity index (χ4n) is 4.24. The van der Waals surface area contributed by atoms with Gasteiger partial charge in [-0.25, -0.2) is 0 Å². The van der Waals surface area contributed by atoms with E-state index in [1.165, 1.54) is 0 Å². The summed E-state index contributed by atoms with van der Waals surface area (Å²) >= 11 is 0. The van der Waals surface area contributed by atoms with E-state index in [1.54, 1.807) is 61.5 Å². The van der Waals surface area contributed by atoms with Crippen molar-refractivity contribution in [3.63, 3.8) is 0 Å². The number of amides is 2. The molecule has 4 rings (SSSR count). The van der Waals surface area contributed by atoms with Crippen LogP contribution in [0.2, 0.25) is 0 Å². The quantitative estimate of drug-likeness (QED) is 0.504. The van der Waals surface area contributed by atoms with Gasteiger partial charge in [-0.3, -0.25) is 9.59 Å². The van der Waals surface area contributed by atoms with E-state index in [0.717, 1.165) is 12.3 Å². The molecule has 0 bridgehead atoms. The normalized spacial score (nSPS) is 20.4. The molecule has 0 saturated carbocycles. The van der Waals surface area contributed by atoms with Gasteiger partial charge in [-0.15, -0.1) is 0 Å². The van der Waals surface area contributed by atoms with Crippen LogP contribution in [0.3, 0.4) is 0 Å². The van der Waals surface area contributed by atoms with Crippen molar-refractivity contribution in [1.82, 2.24) is 10.2 Å². The standard InChI is InChI=1S/C30H35N3O5/c1-20-17-31-21(2)19-37-27-16-23(12-15-26(27)30(35)33(3)18-28(20)36-4)32-29(34)22-10-13-25(14-11-22)38-24-8-6-5-7-9-24/h5-16,20-21,28,31H,17-19H2,1-4H3,(H,32,34)/t20-,21-,28-/m0/s1. The van der Waals surface area contributed by atoms with Crippen LogP contribution < -0.4 is 20.1 Å². The third-order valence-electron chi connectivity index (χ3n) is 6.58. The van der Waals surface area contributed by atoms with E-state index in [2.05, 4.69) is 17.6 Å². The zero-order valence-electron chi connectivity index (χ0n) is 22.3. The number of hydrogen-bond donors (Lipinski definition) is 2. The molecule has 0 aromatic heterocycles. The molecule has 3 aromatic carbocycles. The van der Waals surface area contributed by atoms with E-state index in [0.29, 0.717) is 41.5 Å². The molecule has 3 atom stereocenters. The van der Waals surface area contributed by atoms with E-state index in [9.17, 15) is 9.59 Å². The minimum absolute atomic E-state index is 0.0601. The van der Waals surface area contributed by atoms with Crippen molar-refractivity contribution in [2.75, 3.05) is 39.2 Å². The minimum atomic E-state index is -0.278. The predicted molar refractivity (Wildman–Crippen MR) is 147 cm³/mol. The largest absolute Gasteiger partial charge is 0.491 e. The number of anilines is 1. The Bertz CT molecular complexity index is 1230. The Hall–Kier alpha value is -3.88. The molecule has 0 fully saturated rings. The van der Waals surface area contributed by atoms with Crippen LogP contribution >= 0.6 is 0 Å². The van der Waals surface area contributed by atoms with Crippen LogP contribution in [0, 0.1) is 5.92 Å². The van der Waals surface area contributed by atoms with Gasteiger partial charge in [-0.05, 0) is 61.4 Å². The van der Waals surface area contributed by atoms with E-state index in [4.69, 9.17) is 14.2 Å². The first-order chi connectivity index (χ1) is 18.3. The van der Waals surface area contributed by atoms with Crippen LogP contribution in [0.1, 0.15) is 34.6 Å². The van der Waals surface area contributed by atoms with Gasteiger partial charge in [-0.2, -0.15) is 0 Å². The molecule has 38 heavy (non-hydrogen) atoms. The van der Waals surface area contributed by atoms with Crippen molar-refractivity contribution in [3.05, 3.63) is 83.9 Å². The highest BCUT2D eigenvalue weighted by molar-refractivity contribution is 6.05. The number of nitrogens with one attached hydrogen (secondary N) is 2. The van der Waals surface area contributed by atoms with Gasteiger partial charge in [0.05, 0.1) is 11.7 Å². The second-order valence-corrected chi connectivity index (χ2v) is 9.66. The summed E-state index contributed by atoms with van der Waals surface area (Å²) in [7, 11) is 3.43. The van der Waals surface area contributed by atoms with Crippen molar-refractivity contribution in [1.29, 1.82) is 0 Å². The Kier molecular flexibility index (Phi) is 8.99. The fraction of sp³-hybridized carbons (Fsp3) is 0.333. The molecule has 1 aliphatic rings. The van der Waals surface area contributed by atoms with Crippen molar-refractivity contribution in [2.24, 2.45) is 5.92 Å². The van der Waals surface area contributed by atoms with Crippen LogP contribution in [0.4, 0.5) is 5.69 Å². The number of ether oxygens (including phenoxy) is 3. The second-order valence-electron chi connectivity index (χ2n) is 9.66. The Balaban J connectivity index is 1.49. The number of rotatable bonds is 5. The summed E-state index contributed by atoms with van der Waals surface area (Å²) in [5, 5.41) is 6.37. The average molecular weight is 518 g/mol. The first kappa shape index (κ1) is 27.2. The van der Waals surface area contributed by atoms with E-state index < -0.39 is 0 Å². The molecular formula is C30H35N3O5. The molecule has 0 spiro atoms. The third-order valence-corrected chi connectivity index (χ3v) is 6.58. The summed E-state index contributed by atoms with van der Waals surface area (Å²) in [5.74, 6) is 1.55. The molecule has 1 aliphatic heterocycles. The number of hydrogen-bond acceptors (Lipinski definition) is 6. The number of methoxy groups -OCH3 is 1. The maximum Gasteiger partial charge on any atom is 0.257 e. The first-order valence-corrected chi connectivity index (χ1v) is 12.8. The molecule has 0 radical (unpaired) electrons. The number of benzene rings is 3. The van der Waals surface area contributed by atoms with Gasteiger partial charge in [0, 0.05) is 50.6 Å². The molecule has 3 aromatic rings. The van der Waals surface area contributed by atoms with Gasteiger partial charge in [0.25, 0.3) is 11.8 Å². The molecule has 1 heterocycles.